The van der Waals surface area contributed by atoms with Crippen LogP contribution in [0.2, 0.25) is 0 Å². The molecule has 2 N–H and O–H groups in total. The zero-order chi connectivity index (χ0) is 13.2. The zero-order valence-corrected chi connectivity index (χ0v) is 11.1. The van der Waals surface area contributed by atoms with Crippen LogP contribution in [0.5, 0.6) is 0 Å². The van der Waals surface area contributed by atoms with Gasteiger partial charge in [0.15, 0.2) is 0 Å². The number of para-hydroxylation sites is 1. The van der Waals surface area contributed by atoms with Crippen LogP contribution in [-0.2, 0) is 16.4 Å². The topological polar surface area (TPSA) is 74.8 Å². The lowest BCUT2D eigenvalue weighted by Crippen LogP contribution is -2.14. The number of hydrogen-bond acceptors (Lipinski definition) is 3. The fraction of sp³-hybridized carbons (Fsp3) is 0.250. The van der Waals surface area contributed by atoms with E-state index in [-0.39, 0.29) is 4.90 Å². The molecule has 1 heterocycles. The van der Waals surface area contributed by atoms with Crippen LogP contribution in [0.4, 0.5) is 5.69 Å². The van der Waals surface area contributed by atoms with Crippen molar-refractivity contribution in [3.8, 4) is 0 Å². The van der Waals surface area contributed by atoms with Gasteiger partial charge in [-0.15, -0.1) is 0 Å². The monoisotopic (exact) mass is 265 g/mol. The summed E-state index contributed by atoms with van der Waals surface area (Å²) in [6, 6.07) is 5.72. The van der Waals surface area contributed by atoms with Crippen LogP contribution >= 0.6 is 0 Å². The summed E-state index contributed by atoms with van der Waals surface area (Å²) in [5.41, 5.74) is 2.53. The number of anilines is 1. The first-order valence-corrected chi connectivity index (χ1v) is 7.13. The molecule has 18 heavy (non-hydrogen) atoms. The van der Waals surface area contributed by atoms with Crippen LogP contribution in [0.15, 0.2) is 35.5 Å². The smallest absolute Gasteiger partial charge is 0.265 e. The number of hydrogen-bond donors (Lipinski definition) is 2. The maximum atomic E-state index is 12.1. The maximum absolute atomic E-state index is 12.1. The van der Waals surface area contributed by atoms with E-state index < -0.39 is 10.0 Å². The van der Waals surface area contributed by atoms with E-state index in [4.69, 9.17) is 0 Å². The predicted octanol–water partition coefficient (Wildman–Crippen LogP) is 2.08. The third kappa shape index (κ3) is 2.38. The van der Waals surface area contributed by atoms with E-state index in [1.807, 2.05) is 32.0 Å². The Morgan fingerprint density at radius 2 is 2.17 bits per heavy atom. The van der Waals surface area contributed by atoms with Gasteiger partial charge in [-0.3, -0.25) is 9.82 Å². The summed E-state index contributed by atoms with van der Waals surface area (Å²) in [7, 11) is -3.57. The molecule has 2 aromatic rings. The molecule has 0 aliphatic heterocycles. The molecule has 5 nitrogen and oxygen atoms in total. The van der Waals surface area contributed by atoms with Crippen molar-refractivity contribution in [2.45, 2.75) is 25.2 Å². The van der Waals surface area contributed by atoms with Crippen molar-refractivity contribution in [3.63, 3.8) is 0 Å². The number of nitrogens with one attached hydrogen (secondary N) is 2. The summed E-state index contributed by atoms with van der Waals surface area (Å²) in [6.07, 6.45) is 3.41. The van der Waals surface area contributed by atoms with E-state index in [1.54, 1.807) is 0 Å². The van der Waals surface area contributed by atoms with Gasteiger partial charge in [-0.25, -0.2) is 8.42 Å². The van der Waals surface area contributed by atoms with Crippen LogP contribution < -0.4 is 4.72 Å². The SMILES string of the molecule is CCc1cccc(C)c1NS(=O)(=O)c1cn[nH]c1. The Bertz CT molecular complexity index is 633. The maximum Gasteiger partial charge on any atom is 0.265 e. The molecule has 0 unspecified atom stereocenters. The number of aryl methyl sites for hydroxylation is 2. The summed E-state index contributed by atoms with van der Waals surface area (Å²) < 4.78 is 26.8. The number of nitrogens with zero attached hydrogens (tertiary/aromatic N) is 1. The molecule has 0 atom stereocenters. The number of sulfonamides is 1. The highest BCUT2D eigenvalue weighted by atomic mass is 32.2. The minimum Gasteiger partial charge on any atom is -0.284 e. The van der Waals surface area contributed by atoms with Gasteiger partial charge < -0.3 is 0 Å². The van der Waals surface area contributed by atoms with E-state index >= 15 is 0 Å². The second-order valence-electron chi connectivity index (χ2n) is 4.00. The third-order valence-corrected chi connectivity index (χ3v) is 4.08. The van der Waals surface area contributed by atoms with E-state index in [0.717, 1.165) is 17.5 Å². The molecular weight excluding hydrogens is 250 g/mol. The molecule has 0 saturated carbocycles. The van der Waals surface area contributed by atoms with Gasteiger partial charge in [-0.1, -0.05) is 25.1 Å². The Kier molecular flexibility index (Phi) is 3.38. The number of aromatic amines is 1. The van der Waals surface area contributed by atoms with Crippen molar-refractivity contribution in [1.82, 2.24) is 10.2 Å². The van der Waals surface area contributed by atoms with Gasteiger partial charge in [-0.05, 0) is 24.5 Å². The first kappa shape index (κ1) is 12.6. The molecule has 0 bridgehead atoms. The average molecular weight is 265 g/mol. The molecule has 0 aliphatic rings. The molecule has 0 aliphatic carbocycles. The quantitative estimate of drug-likeness (QED) is 0.888. The summed E-state index contributed by atoms with van der Waals surface area (Å²) in [4.78, 5) is 0.132. The van der Waals surface area contributed by atoms with Gasteiger partial charge >= 0.3 is 0 Å². The lowest BCUT2D eigenvalue weighted by molar-refractivity contribution is 0.601. The lowest BCUT2D eigenvalue weighted by atomic mass is 10.1. The number of aromatic nitrogens is 2. The standard InChI is InChI=1S/C12H15N3O2S/c1-3-10-6-4-5-9(2)12(10)15-18(16,17)11-7-13-14-8-11/h4-8,15H,3H2,1-2H3,(H,13,14). The second kappa shape index (κ2) is 4.81. The fourth-order valence-electron chi connectivity index (χ4n) is 1.75. The van der Waals surface area contributed by atoms with Gasteiger partial charge in [-0.2, -0.15) is 5.10 Å². The van der Waals surface area contributed by atoms with E-state index in [9.17, 15) is 8.42 Å². The van der Waals surface area contributed by atoms with Crippen molar-refractivity contribution in [2.24, 2.45) is 0 Å². The van der Waals surface area contributed by atoms with Crippen LogP contribution in [0, 0.1) is 6.92 Å². The highest BCUT2D eigenvalue weighted by Crippen LogP contribution is 2.24. The Labute approximate surface area is 106 Å². The van der Waals surface area contributed by atoms with Crippen LogP contribution in [-0.4, -0.2) is 18.6 Å². The molecule has 0 amide bonds. The van der Waals surface area contributed by atoms with Crippen molar-refractivity contribution in [3.05, 3.63) is 41.7 Å². The molecule has 96 valence electrons. The van der Waals surface area contributed by atoms with Crippen LogP contribution in [0.1, 0.15) is 18.1 Å². The number of H-pyrrole nitrogens is 1. The third-order valence-electron chi connectivity index (χ3n) is 2.76. The van der Waals surface area contributed by atoms with E-state index in [0.29, 0.717) is 5.69 Å². The van der Waals surface area contributed by atoms with Gasteiger partial charge in [0.25, 0.3) is 10.0 Å². The molecule has 0 saturated heterocycles. The van der Waals surface area contributed by atoms with Crippen molar-refractivity contribution < 1.29 is 8.42 Å². The minimum atomic E-state index is -3.57. The Morgan fingerprint density at radius 3 is 2.78 bits per heavy atom. The van der Waals surface area contributed by atoms with Crippen LogP contribution in [0.3, 0.4) is 0 Å². The average Bonchev–Trinajstić information content (AvgIpc) is 2.86. The predicted molar refractivity (Wildman–Crippen MR) is 70.0 cm³/mol. The Hall–Kier alpha value is -1.82. The molecule has 2 rings (SSSR count). The zero-order valence-electron chi connectivity index (χ0n) is 10.3. The summed E-state index contributed by atoms with van der Waals surface area (Å²) in [6.45, 7) is 3.87. The summed E-state index contributed by atoms with van der Waals surface area (Å²) >= 11 is 0. The van der Waals surface area contributed by atoms with Gasteiger partial charge in [0.05, 0.1) is 11.9 Å². The summed E-state index contributed by atoms with van der Waals surface area (Å²) in [5.74, 6) is 0. The molecule has 0 spiro atoms. The molecule has 1 aromatic carbocycles. The van der Waals surface area contributed by atoms with Crippen molar-refractivity contribution in [1.29, 1.82) is 0 Å². The normalized spacial score (nSPS) is 11.4. The number of rotatable bonds is 4. The molecule has 1 aromatic heterocycles. The second-order valence-corrected chi connectivity index (χ2v) is 5.68. The Morgan fingerprint density at radius 1 is 1.39 bits per heavy atom. The molecule has 0 radical (unpaired) electrons. The largest absolute Gasteiger partial charge is 0.284 e. The summed E-state index contributed by atoms with van der Waals surface area (Å²) in [5, 5.41) is 6.15. The van der Waals surface area contributed by atoms with Gasteiger partial charge in [0.1, 0.15) is 4.90 Å². The molecule has 6 heteroatoms. The van der Waals surface area contributed by atoms with Crippen LogP contribution in [0.25, 0.3) is 0 Å². The van der Waals surface area contributed by atoms with E-state index in [1.165, 1.54) is 12.4 Å². The molecule has 0 fully saturated rings. The van der Waals surface area contributed by atoms with Crippen molar-refractivity contribution >= 4 is 15.7 Å². The fourth-order valence-corrected chi connectivity index (χ4v) is 2.83. The first-order valence-electron chi connectivity index (χ1n) is 5.64. The highest BCUT2D eigenvalue weighted by Gasteiger charge is 2.17. The van der Waals surface area contributed by atoms with E-state index in [2.05, 4.69) is 14.9 Å². The van der Waals surface area contributed by atoms with Gasteiger partial charge in [0, 0.05) is 6.20 Å². The van der Waals surface area contributed by atoms with Crippen molar-refractivity contribution in [2.75, 3.05) is 4.72 Å². The lowest BCUT2D eigenvalue weighted by Gasteiger charge is -2.13. The number of benzene rings is 1. The Balaban J connectivity index is 2.41. The van der Waals surface area contributed by atoms with Gasteiger partial charge in [0.2, 0.25) is 0 Å². The first-order chi connectivity index (χ1) is 8.54. The molecular formula is C12H15N3O2S. The highest BCUT2D eigenvalue weighted by molar-refractivity contribution is 7.92. The minimum absolute atomic E-state index is 0.132.